The van der Waals surface area contributed by atoms with Gasteiger partial charge in [0.25, 0.3) is 0 Å². The Morgan fingerprint density at radius 1 is 1.37 bits per heavy atom. The minimum atomic E-state index is -0.267. The Hall–Kier alpha value is -2.17. The average molecular weight is 261 g/mol. The molecule has 5 heteroatoms. The van der Waals surface area contributed by atoms with E-state index in [2.05, 4.69) is 10.4 Å². The molecule has 1 aromatic heterocycles. The first kappa shape index (κ1) is 13.3. The smallest absolute Gasteiger partial charge is 0.220 e. The summed E-state index contributed by atoms with van der Waals surface area (Å²) in [5.41, 5.74) is 0.835. The van der Waals surface area contributed by atoms with Crippen LogP contribution in [0.5, 0.6) is 0 Å². The van der Waals surface area contributed by atoms with Crippen LogP contribution in [-0.4, -0.2) is 22.2 Å². The maximum atomic E-state index is 12.9. The largest absolute Gasteiger partial charge is 0.354 e. The van der Waals surface area contributed by atoms with E-state index in [1.807, 2.05) is 18.3 Å². The summed E-state index contributed by atoms with van der Waals surface area (Å²) in [5, 5.41) is 6.85. The molecule has 0 atom stereocenters. The van der Waals surface area contributed by atoms with Crippen molar-refractivity contribution in [2.45, 2.75) is 19.4 Å². The van der Waals surface area contributed by atoms with E-state index >= 15 is 0 Å². The molecular weight excluding hydrogens is 245 g/mol. The van der Waals surface area contributed by atoms with Gasteiger partial charge in [-0.3, -0.25) is 9.48 Å². The fraction of sp³-hybridized carbons (Fsp3) is 0.286. The zero-order valence-electron chi connectivity index (χ0n) is 10.6. The van der Waals surface area contributed by atoms with Gasteiger partial charge in [0.15, 0.2) is 0 Å². The Balaban J connectivity index is 1.67. The van der Waals surface area contributed by atoms with Crippen molar-refractivity contribution in [2.24, 2.45) is 0 Å². The van der Waals surface area contributed by atoms with Gasteiger partial charge in [-0.05, 0) is 30.2 Å². The van der Waals surface area contributed by atoms with Gasteiger partial charge in [0.2, 0.25) is 5.91 Å². The van der Waals surface area contributed by atoms with Gasteiger partial charge in [-0.25, -0.2) is 4.39 Å². The molecule has 0 aliphatic rings. The summed E-state index contributed by atoms with van der Waals surface area (Å²) < 4.78 is 14.7. The first-order valence-electron chi connectivity index (χ1n) is 6.22. The number of aromatic nitrogens is 2. The molecule has 0 aliphatic carbocycles. The molecule has 1 aromatic carbocycles. The van der Waals surface area contributed by atoms with E-state index in [9.17, 15) is 9.18 Å². The zero-order valence-corrected chi connectivity index (χ0v) is 10.6. The molecule has 2 aromatic rings. The summed E-state index contributed by atoms with van der Waals surface area (Å²) in [7, 11) is 0. The molecule has 2 rings (SSSR count). The van der Waals surface area contributed by atoms with E-state index in [0.717, 1.165) is 5.56 Å². The lowest BCUT2D eigenvalue weighted by atomic mass is 10.1. The lowest BCUT2D eigenvalue weighted by molar-refractivity contribution is -0.121. The van der Waals surface area contributed by atoms with Crippen LogP contribution in [0, 0.1) is 5.82 Å². The van der Waals surface area contributed by atoms with Crippen molar-refractivity contribution < 1.29 is 9.18 Å². The van der Waals surface area contributed by atoms with Crippen LogP contribution in [0.2, 0.25) is 0 Å². The second-order valence-corrected chi connectivity index (χ2v) is 4.25. The van der Waals surface area contributed by atoms with Crippen LogP contribution >= 0.6 is 0 Å². The average Bonchev–Trinajstić information content (AvgIpc) is 2.90. The molecule has 1 N–H and O–H groups in total. The van der Waals surface area contributed by atoms with Gasteiger partial charge in [0.1, 0.15) is 5.82 Å². The number of amides is 1. The fourth-order valence-electron chi connectivity index (χ4n) is 1.78. The third-order valence-corrected chi connectivity index (χ3v) is 2.75. The van der Waals surface area contributed by atoms with Crippen LogP contribution in [-0.2, 0) is 17.8 Å². The molecule has 19 heavy (non-hydrogen) atoms. The Kier molecular flexibility index (Phi) is 4.66. The van der Waals surface area contributed by atoms with Crippen LogP contribution in [0.1, 0.15) is 12.0 Å². The second-order valence-electron chi connectivity index (χ2n) is 4.25. The number of halogens is 1. The van der Waals surface area contributed by atoms with Gasteiger partial charge >= 0.3 is 0 Å². The highest BCUT2D eigenvalue weighted by Crippen LogP contribution is 2.05. The monoisotopic (exact) mass is 261 g/mol. The van der Waals surface area contributed by atoms with E-state index in [1.165, 1.54) is 12.1 Å². The molecule has 0 aliphatic heterocycles. The summed E-state index contributed by atoms with van der Waals surface area (Å²) in [4.78, 5) is 11.6. The molecule has 0 radical (unpaired) electrons. The van der Waals surface area contributed by atoms with E-state index < -0.39 is 0 Å². The highest BCUT2D eigenvalue weighted by molar-refractivity contribution is 5.76. The van der Waals surface area contributed by atoms with Gasteiger partial charge in [-0.2, -0.15) is 5.10 Å². The molecule has 1 heterocycles. The molecule has 0 fully saturated rings. The van der Waals surface area contributed by atoms with Crippen molar-refractivity contribution in [2.75, 3.05) is 6.54 Å². The Labute approximate surface area is 111 Å². The molecular formula is C14H16FN3O. The number of nitrogens with one attached hydrogen (secondary N) is 1. The SMILES string of the molecule is O=C(CCc1cccc(F)c1)NCCn1cccn1. The van der Waals surface area contributed by atoms with E-state index in [-0.39, 0.29) is 11.7 Å². The summed E-state index contributed by atoms with van der Waals surface area (Å²) in [6.45, 7) is 1.20. The number of nitrogens with zero attached hydrogens (tertiary/aromatic N) is 2. The first-order valence-corrected chi connectivity index (χ1v) is 6.22. The predicted molar refractivity (Wildman–Crippen MR) is 70.0 cm³/mol. The number of hydrogen-bond donors (Lipinski definition) is 1. The molecule has 1 amide bonds. The van der Waals surface area contributed by atoms with Crippen molar-refractivity contribution in [3.05, 3.63) is 54.1 Å². The van der Waals surface area contributed by atoms with E-state index in [0.29, 0.717) is 25.9 Å². The van der Waals surface area contributed by atoms with Crippen LogP contribution in [0.15, 0.2) is 42.7 Å². The Morgan fingerprint density at radius 3 is 3.00 bits per heavy atom. The van der Waals surface area contributed by atoms with Gasteiger partial charge in [-0.15, -0.1) is 0 Å². The van der Waals surface area contributed by atoms with Crippen molar-refractivity contribution >= 4 is 5.91 Å². The standard InChI is InChI=1S/C14H16FN3O/c15-13-4-1-3-12(11-13)5-6-14(19)16-8-10-18-9-2-7-17-18/h1-4,7,9,11H,5-6,8,10H2,(H,16,19). The van der Waals surface area contributed by atoms with E-state index in [4.69, 9.17) is 0 Å². The second kappa shape index (κ2) is 6.68. The van der Waals surface area contributed by atoms with Crippen LogP contribution in [0.25, 0.3) is 0 Å². The normalized spacial score (nSPS) is 10.4. The number of rotatable bonds is 6. The summed E-state index contributed by atoms with van der Waals surface area (Å²) in [6, 6.07) is 8.16. The van der Waals surface area contributed by atoms with E-state index in [1.54, 1.807) is 16.9 Å². The summed E-state index contributed by atoms with van der Waals surface area (Å²) >= 11 is 0. The van der Waals surface area contributed by atoms with Crippen LogP contribution in [0.4, 0.5) is 4.39 Å². The maximum absolute atomic E-state index is 12.9. The minimum Gasteiger partial charge on any atom is -0.354 e. The highest BCUT2D eigenvalue weighted by Gasteiger charge is 2.02. The zero-order chi connectivity index (χ0) is 13.5. The highest BCUT2D eigenvalue weighted by atomic mass is 19.1. The Morgan fingerprint density at radius 2 is 2.26 bits per heavy atom. The molecule has 0 unspecified atom stereocenters. The molecule has 0 saturated carbocycles. The quantitative estimate of drug-likeness (QED) is 0.861. The van der Waals surface area contributed by atoms with Gasteiger partial charge in [0.05, 0.1) is 6.54 Å². The lowest BCUT2D eigenvalue weighted by Gasteiger charge is -2.05. The van der Waals surface area contributed by atoms with Gasteiger partial charge in [0, 0.05) is 25.4 Å². The molecule has 0 bridgehead atoms. The number of carbonyl (C=O) groups is 1. The van der Waals surface area contributed by atoms with Gasteiger partial charge < -0.3 is 5.32 Å². The van der Waals surface area contributed by atoms with Crippen LogP contribution in [0.3, 0.4) is 0 Å². The van der Waals surface area contributed by atoms with Crippen molar-refractivity contribution in [1.82, 2.24) is 15.1 Å². The van der Waals surface area contributed by atoms with Crippen molar-refractivity contribution in [3.8, 4) is 0 Å². The van der Waals surface area contributed by atoms with Crippen molar-refractivity contribution in [3.63, 3.8) is 0 Å². The van der Waals surface area contributed by atoms with Gasteiger partial charge in [-0.1, -0.05) is 12.1 Å². The molecule has 4 nitrogen and oxygen atoms in total. The summed E-state index contributed by atoms with van der Waals surface area (Å²) in [6.07, 6.45) is 4.46. The lowest BCUT2D eigenvalue weighted by Crippen LogP contribution is -2.27. The fourth-order valence-corrected chi connectivity index (χ4v) is 1.78. The predicted octanol–water partition coefficient (Wildman–Crippen LogP) is 1.77. The number of aryl methyl sites for hydroxylation is 1. The van der Waals surface area contributed by atoms with Crippen molar-refractivity contribution in [1.29, 1.82) is 0 Å². The first-order chi connectivity index (χ1) is 9.24. The van der Waals surface area contributed by atoms with Crippen LogP contribution < -0.4 is 5.32 Å². The minimum absolute atomic E-state index is 0.0311. The molecule has 100 valence electrons. The number of carbonyl (C=O) groups excluding carboxylic acids is 1. The molecule has 0 spiro atoms. The Bertz CT molecular complexity index is 525. The maximum Gasteiger partial charge on any atom is 0.220 e. The topological polar surface area (TPSA) is 46.9 Å². The summed E-state index contributed by atoms with van der Waals surface area (Å²) in [5.74, 6) is -0.298. The number of benzene rings is 1. The molecule has 0 saturated heterocycles. The third-order valence-electron chi connectivity index (χ3n) is 2.75. The third kappa shape index (κ3) is 4.54. The number of hydrogen-bond acceptors (Lipinski definition) is 2.